The van der Waals surface area contributed by atoms with E-state index in [1.807, 2.05) is 6.92 Å². The molecule has 0 saturated carbocycles. The normalized spacial score (nSPS) is 10.5. The molecule has 0 aliphatic carbocycles. The van der Waals surface area contributed by atoms with Gasteiger partial charge in [-0.3, -0.25) is 14.9 Å². The summed E-state index contributed by atoms with van der Waals surface area (Å²) in [5.74, 6) is 0.270. The number of ether oxygens (including phenoxy) is 1. The van der Waals surface area contributed by atoms with Gasteiger partial charge in [0, 0.05) is 29.9 Å². The quantitative estimate of drug-likeness (QED) is 0.490. The van der Waals surface area contributed by atoms with Crippen molar-refractivity contribution in [3.8, 4) is 5.75 Å². The summed E-state index contributed by atoms with van der Waals surface area (Å²) in [5.41, 5.74) is 1.72. The van der Waals surface area contributed by atoms with Crippen LogP contribution in [0.4, 0.5) is 5.69 Å². The van der Waals surface area contributed by atoms with Crippen molar-refractivity contribution in [1.82, 2.24) is 15.5 Å². The Balaban J connectivity index is 1.82. The summed E-state index contributed by atoms with van der Waals surface area (Å²) in [4.78, 5) is 26.8. The number of likely N-dealkylation sites (N-methyl/N-ethyl adjacent to an activating group) is 1. The standard InChI is InChI=1S/C23H30N4O3S/c1-4-27(5-2)16-15-24-21(28)17-7-11-19(12-8-17)25-23(31)26-22(29)18-9-13-20(14-10-18)30-6-3/h7-14H,4-6,15-16H2,1-3H3,(H,24,28)(H2,25,26,29,31). The van der Waals surface area contributed by atoms with Crippen LogP contribution in [0.15, 0.2) is 48.5 Å². The Morgan fingerprint density at radius 3 is 2.06 bits per heavy atom. The number of nitrogens with zero attached hydrogens (tertiary/aromatic N) is 1. The molecule has 0 atom stereocenters. The van der Waals surface area contributed by atoms with Gasteiger partial charge in [-0.05, 0) is 80.8 Å². The number of thiocarbonyl (C=S) groups is 1. The Morgan fingerprint density at radius 1 is 0.903 bits per heavy atom. The van der Waals surface area contributed by atoms with Crippen molar-refractivity contribution in [3.63, 3.8) is 0 Å². The fraction of sp³-hybridized carbons (Fsp3) is 0.348. The molecule has 0 unspecified atom stereocenters. The topological polar surface area (TPSA) is 82.7 Å². The maximum Gasteiger partial charge on any atom is 0.257 e. The number of hydrogen-bond donors (Lipinski definition) is 3. The van der Waals surface area contributed by atoms with Crippen LogP contribution in [0.25, 0.3) is 0 Å². The van der Waals surface area contributed by atoms with Gasteiger partial charge in [0.25, 0.3) is 11.8 Å². The third kappa shape index (κ3) is 7.99. The van der Waals surface area contributed by atoms with Crippen LogP contribution in [0, 0.1) is 0 Å². The van der Waals surface area contributed by atoms with E-state index in [-0.39, 0.29) is 16.9 Å². The highest BCUT2D eigenvalue weighted by atomic mass is 32.1. The first-order valence-corrected chi connectivity index (χ1v) is 10.8. The number of carbonyl (C=O) groups is 2. The van der Waals surface area contributed by atoms with Gasteiger partial charge in [0.05, 0.1) is 6.61 Å². The van der Waals surface area contributed by atoms with Crippen molar-refractivity contribution in [1.29, 1.82) is 0 Å². The van der Waals surface area contributed by atoms with Crippen LogP contribution in [-0.4, -0.2) is 54.6 Å². The summed E-state index contributed by atoms with van der Waals surface area (Å²) < 4.78 is 5.37. The van der Waals surface area contributed by atoms with E-state index in [1.54, 1.807) is 48.5 Å². The van der Waals surface area contributed by atoms with E-state index >= 15 is 0 Å². The molecule has 2 amide bonds. The highest BCUT2D eigenvalue weighted by Crippen LogP contribution is 2.13. The van der Waals surface area contributed by atoms with Gasteiger partial charge in [0.15, 0.2) is 5.11 Å². The summed E-state index contributed by atoms with van der Waals surface area (Å²) >= 11 is 5.22. The predicted molar refractivity (Wildman–Crippen MR) is 128 cm³/mol. The lowest BCUT2D eigenvalue weighted by Gasteiger charge is -2.18. The fourth-order valence-electron chi connectivity index (χ4n) is 2.88. The second-order valence-corrected chi connectivity index (χ2v) is 7.13. The highest BCUT2D eigenvalue weighted by Gasteiger charge is 2.10. The average molecular weight is 443 g/mol. The van der Waals surface area contributed by atoms with Crippen LogP contribution in [0.1, 0.15) is 41.5 Å². The van der Waals surface area contributed by atoms with Gasteiger partial charge in [0.2, 0.25) is 0 Å². The van der Waals surface area contributed by atoms with Crippen molar-refractivity contribution in [2.24, 2.45) is 0 Å². The number of hydrogen-bond acceptors (Lipinski definition) is 5. The smallest absolute Gasteiger partial charge is 0.257 e. The summed E-state index contributed by atoms with van der Waals surface area (Å²) in [6, 6.07) is 13.7. The molecule has 0 saturated heterocycles. The largest absolute Gasteiger partial charge is 0.494 e. The molecule has 0 heterocycles. The van der Waals surface area contributed by atoms with Crippen LogP contribution in [0.2, 0.25) is 0 Å². The molecule has 0 aliphatic heterocycles. The van der Waals surface area contributed by atoms with E-state index in [1.165, 1.54) is 0 Å². The molecule has 0 aliphatic rings. The van der Waals surface area contributed by atoms with E-state index in [9.17, 15) is 9.59 Å². The first kappa shape index (κ1) is 24.3. The third-order valence-electron chi connectivity index (χ3n) is 4.67. The number of benzene rings is 2. The molecule has 7 nitrogen and oxygen atoms in total. The lowest BCUT2D eigenvalue weighted by atomic mass is 10.2. The van der Waals surface area contributed by atoms with E-state index in [4.69, 9.17) is 17.0 Å². The van der Waals surface area contributed by atoms with Crippen molar-refractivity contribution in [2.75, 3.05) is 38.1 Å². The van der Waals surface area contributed by atoms with Gasteiger partial charge in [-0.1, -0.05) is 13.8 Å². The molecule has 0 spiro atoms. The highest BCUT2D eigenvalue weighted by molar-refractivity contribution is 7.80. The van der Waals surface area contributed by atoms with E-state index in [0.717, 1.165) is 19.6 Å². The van der Waals surface area contributed by atoms with E-state index in [2.05, 4.69) is 34.7 Å². The summed E-state index contributed by atoms with van der Waals surface area (Å²) in [5, 5.41) is 8.69. The molecule has 166 valence electrons. The van der Waals surface area contributed by atoms with E-state index < -0.39 is 0 Å². The molecule has 8 heteroatoms. The number of anilines is 1. The third-order valence-corrected chi connectivity index (χ3v) is 4.87. The summed E-state index contributed by atoms with van der Waals surface area (Å²) in [7, 11) is 0. The van der Waals surface area contributed by atoms with Crippen molar-refractivity contribution < 1.29 is 14.3 Å². The molecule has 0 radical (unpaired) electrons. The van der Waals surface area contributed by atoms with Crippen LogP contribution in [0.3, 0.4) is 0 Å². The molecule has 0 aromatic heterocycles. The van der Waals surface area contributed by atoms with Gasteiger partial charge in [-0.2, -0.15) is 0 Å². The monoisotopic (exact) mass is 442 g/mol. The van der Waals surface area contributed by atoms with Gasteiger partial charge < -0.3 is 20.3 Å². The van der Waals surface area contributed by atoms with Crippen LogP contribution in [-0.2, 0) is 0 Å². The Morgan fingerprint density at radius 2 is 1.48 bits per heavy atom. The Hall–Kier alpha value is -2.97. The number of rotatable bonds is 10. The molecule has 3 N–H and O–H groups in total. The Bertz CT molecular complexity index is 865. The molecule has 0 fully saturated rings. The second-order valence-electron chi connectivity index (χ2n) is 6.73. The molecule has 2 rings (SSSR count). The van der Waals surface area contributed by atoms with Crippen LogP contribution in [0.5, 0.6) is 5.75 Å². The summed E-state index contributed by atoms with van der Waals surface area (Å²) in [6.07, 6.45) is 0. The fourth-order valence-corrected chi connectivity index (χ4v) is 3.09. The second kappa shape index (κ2) is 12.7. The van der Waals surface area contributed by atoms with Crippen molar-refractivity contribution in [3.05, 3.63) is 59.7 Å². The number of amides is 2. The van der Waals surface area contributed by atoms with E-state index in [0.29, 0.717) is 35.7 Å². The minimum Gasteiger partial charge on any atom is -0.494 e. The first-order chi connectivity index (χ1) is 15.0. The number of nitrogens with one attached hydrogen (secondary N) is 3. The minimum absolute atomic E-state index is 0.120. The van der Waals surface area contributed by atoms with Gasteiger partial charge in [-0.15, -0.1) is 0 Å². The zero-order valence-corrected chi connectivity index (χ0v) is 19.1. The molecule has 31 heavy (non-hydrogen) atoms. The Kier molecular flexibility index (Phi) is 9.93. The SMILES string of the molecule is CCOc1ccc(C(=O)NC(=S)Nc2ccc(C(=O)NCCN(CC)CC)cc2)cc1. The molecule has 0 bridgehead atoms. The Labute approximate surface area is 189 Å². The maximum atomic E-state index is 12.3. The van der Waals surface area contributed by atoms with Crippen LogP contribution < -0.4 is 20.7 Å². The van der Waals surface area contributed by atoms with Crippen LogP contribution >= 0.6 is 12.2 Å². The first-order valence-electron chi connectivity index (χ1n) is 10.4. The van der Waals surface area contributed by atoms with Crippen molar-refractivity contribution in [2.45, 2.75) is 20.8 Å². The average Bonchev–Trinajstić information content (AvgIpc) is 2.77. The molecular formula is C23H30N4O3S. The zero-order valence-electron chi connectivity index (χ0n) is 18.2. The van der Waals surface area contributed by atoms with Gasteiger partial charge in [-0.25, -0.2) is 0 Å². The predicted octanol–water partition coefficient (Wildman–Crippen LogP) is 3.28. The maximum absolute atomic E-state index is 12.3. The molecular weight excluding hydrogens is 412 g/mol. The van der Waals surface area contributed by atoms with Gasteiger partial charge >= 0.3 is 0 Å². The van der Waals surface area contributed by atoms with Crippen molar-refractivity contribution >= 4 is 34.8 Å². The molecule has 2 aromatic carbocycles. The van der Waals surface area contributed by atoms with Gasteiger partial charge in [0.1, 0.15) is 5.75 Å². The molecule has 2 aromatic rings. The zero-order chi connectivity index (χ0) is 22.6. The summed E-state index contributed by atoms with van der Waals surface area (Å²) in [6.45, 7) is 10.0. The lowest BCUT2D eigenvalue weighted by molar-refractivity contribution is 0.0947. The number of carbonyl (C=O) groups excluding carboxylic acids is 2. The minimum atomic E-state index is -0.315. The lowest BCUT2D eigenvalue weighted by Crippen LogP contribution is -2.35.